The summed E-state index contributed by atoms with van der Waals surface area (Å²) in [5, 5.41) is 15.8. The Morgan fingerprint density at radius 1 is 0.892 bits per heavy atom. The molecule has 0 unspecified atom stereocenters. The molecule has 7 heteroatoms. The number of morpholine rings is 1. The van der Waals surface area contributed by atoms with E-state index in [1.54, 1.807) is 0 Å². The number of nitrogens with zero attached hydrogens (tertiary/aromatic N) is 1. The average Bonchev–Trinajstić information content (AvgIpc) is 2.93. The minimum absolute atomic E-state index is 0.200. The summed E-state index contributed by atoms with van der Waals surface area (Å²) in [7, 11) is 0. The fraction of sp³-hybridized carbons (Fsp3) is 0.333. The molecule has 194 valence electrons. The van der Waals surface area contributed by atoms with Gasteiger partial charge in [-0.3, -0.25) is 9.59 Å². The first-order valence-electron chi connectivity index (χ1n) is 12.8. The average molecular weight is 502 g/mol. The molecule has 0 aromatic heterocycles. The SMILES string of the molecule is Cc1cc(N2CCOCC2)ccc1C(=O)N[C@@H](Cc1ccccc1)C(=O)N[C@H](CO)Cc1ccccc1. The maximum Gasteiger partial charge on any atom is 0.252 e. The second kappa shape index (κ2) is 13.0. The molecule has 0 radical (unpaired) electrons. The third kappa shape index (κ3) is 7.41. The Hall–Kier alpha value is -3.68. The van der Waals surface area contributed by atoms with Gasteiger partial charge in [-0.05, 0) is 48.2 Å². The van der Waals surface area contributed by atoms with Crippen molar-refractivity contribution in [2.45, 2.75) is 31.8 Å². The molecule has 1 heterocycles. The van der Waals surface area contributed by atoms with Gasteiger partial charge in [0.25, 0.3) is 5.91 Å². The van der Waals surface area contributed by atoms with Gasteiger partial charge in [0.2, 0.25) is 5.91 Å². The zero-order valence-electron chi connectivity index (χ0n) is 21.2. The molecule has 1 aliphatic rings. The zero-order chi connectivity index (χ0) is 26.0. The number of rotatable bonds is 10. The Kier molecular flexibility index (Phi) is 9.29. The van der Waals surface area contributed by atoms with Gasteiger partial charge < -0.3 is 25.4 Å². The lowest BCUT2D eigenvalue weighted by molar-refractivity contribution is -0.124. The molecule has 3 N–H and O–H groups in total. The van der Waals surface area contributed by atoms with Crippen LogP contribution in [0, 0.1) is 6.92 Å². The summed E-state index contributed by atoms with van der Waals surface area (Å²) < 4.78 is 5.44. The Balaban J connectivity index is 1.48. The summed E-state index contributed by atoms with van der Waals surface area (Å²) in [6.45, 7) is 4.73. The van der Waals surface area contributed by atoms with E-state index in [1.807, 2.05) is 85.8 Å². The Labute approximate surface area is 218 Å². The molecule has 7 nitrogen and oxygen atoms in total. The lowest BCUT2D eigenvalue weighted by Crippen LogP contribution is -2.52. The van der Waals surface area contributed by atoms with Crippen LogP contribution in [0.2, 0.25) is 0 Å². The van der Waals surface area contributed by atoms with Crippen molar-refractivity contribution in [2.75, 3.05) is 37.8 Å². The number of hydrogen-bond acceptors (Lipinski definition) is 5. The van der Waals surface area contributed by atoms with Crippen LogP contribution in [0.5, 0.6) is 0 Å². The predicted molar refractivity (Wildman–Crippen MR) is 145 cm³/mol. The second-order valence-corrected chi connectivity index (χ2v) is 9.39. The third-order valence-electron chi connectivity index (χ3n) is 6.63. The molecule has 0 saturated carbocycles. The van der Waals surface area contributed by atoms with Crippen molar-refractivity contribution in [3.05, 3.63) is 101 Å². The number of anilines is 1. The minimum atomic E-state index is -0.793. The zero-order valence-corrected chi connectivity index (χ0v) is 21.2. The largest absolute Gasteiger partial charge is 0.394 e. The van der Waals surface area contributed by atoms with Crippen LogP contribution in [0.4, 0.5) is 5.69 Å². The van der Waals surface area contributed by atoms with Crippen LogP contribution < -0.4 is 15.5 Å². The van der Waals surface area contributed by atoms with Gasteiger partial charge in [0.05, 0.1) is 25.9 Å². The van der Waals surface area contributed by atoms with Crippen LogP contribution in [0.25, 0.3) is 0 Å². The molecule has 0 aliphatic carbocycles. The summed E-state index contributed by atoms with van der Waals surface area (Å²) in [6, 6.07) is 23.8. The molecule has 2 amide bonds. The van der Waals surface area contributed by atoms with E-state index in [9.17, 15) is 14.7 Å². The van der Waals surface area contributed by atoms with E-state index < -0.39 is 12.1 Å². The predicted octanol–water partition coefficient (Wildman–Crippen LogP) is 2.89. The topological polar surface area (TPSA) is 90.9 Å². The van der Waals surface area contributed by atoms with Gasteiger partial charge in [-0.1, -0.05) is 60.7 Å². The third-order valence-corrected chi connectivity index (χ3v) is 6.63. The first-order valence-corrected chi connectivity index (χ1v) is 12.8. The van der Waals surface area contributed by atoms with Gasteiger partial charge in [-0.2, -0.15) is 0 Å². The van der Waals surface area contributed by atoms with Crippen LogP contribution >= 0.6 is 0 Å². The molecular weight excluding hydrogens is 466 g/mol. The quantitative estimate of drug-likeness (QED) is 0.398. The maximum absolute atomic E-state index is 13.4. The molecule has 4 rings (SSSR count). The van der Waals surface area contributed by atoms with E-state index in [4.69, 9.17) is 4.74 Å². The first-order chi connectivity index (χ1) is 18.0. The van der Waals surface area contributed by atoms with Crippen LogP contribution in [0.1, 0.15) is 27.0 Å². The van der Waals surface area contributed by atoms with Gasteiger partial charge in [0, 0.05) is 30.8 Å². The summed E-state index contributed by atoms with van der Waals surface area (Å²) >= 11 is 0. The van der Waals surface area contributed by atoms with E-state index in [-0.39, 0.29) is 18.4 Å². The van der Waals surface area contributed by atoms with E-state index >= 15 is 0 Å². The molecule has 1 aliphatic heterocycles. The summed E-state index contributed by atoms with van der Waals surface area (Å²) in [4.78, 5) is 28.9. The normalized spacial score (nSPS) is 15.0. The van der Waals surface area contributed by atoms with E-state index in [1.165, 1.54) is 0 Å². The van der Waals surface area contributed by atoms with Crippen LogP contribution in [0.3, 0.4) is 0 Å². The van der Waals surface area contributed by atoms with Gasteiger partial charge in [-0.15, -0.1) is 0 Å². The molecule has 37 heavy (non-hydrogen) atoms. The number of hydrogen-bond donors (Lipinski definition) is 3. The lowest BCUT2D eigenvalue weighted by Gasteiger charge is -2.29. The molecule has 0 spiro atoms. The number of carbonyl (C=O) groups is 2. The Morgan fingerprint density at radius 2 is 1.51 bits per heavy atom. The Morgan fingerprint density at radius 3 is 2.11 bits per heavy atom. The summed E-state index contributed by atoms with van der Waals surface area (Å²) in [5.41, 5.74) is 4.39. The first kappa shape index (κ1) is 26.4. The van der Waals surface area contributed by atoms with Gasteiger partial charge in [0.1, 0.15) is 6.04 Å². The van der Waals surface area contributed by atoms with Gasteiger partial charge in [0.15, 0.2) is 0 Å². The number of benzene rings is 3. The van der Waals surface area contributed by atoms with Crippen molar-refractivity contribution in [3.8, 4) is 0 Å². The summed E-state index contributed by atoms with van der Waals surface area (Å²) in [5.74, 6) is -0.625. The van der Waals surface area contributed by atoms with Crippen molar-refractivity contribution < 1.29 is 19.4 Å². The van der Waals surface area contributed by atoms with E-state index in [2.05, 4.69) is 15.5 Å². The smallest absolute Gasteiger partial charge is 0.252 e. The highest BCUT2D eigenvalue weighted by atomic mass is 16.5. The van der Waals surface area contributed by atoms with Crippen molar-refractivity contribution in [1.29, 1.82) is 0 Å². The van der Waals surface area contributed by atoms with Crippen molar-refractivity contribution in [1.82, 2.24) is 10.6 Å². The minimum Gasteiger partial charge on any atom is -0.394 e. The van der Waals surface area contributed by atoms with Crippen molar-refractivity contribution in [3.63, 3.8) is 0 Å². The van der Waals surface area contributed by atoms with Crippen LogP contribution in [-0.4, -0.2) is 61.9 Å². The standard InChI is InChI=1S/C30H35N3O4/c1-22-18-26(33-14-16-37-17-15-33)12-13-27(22)29(35)32-28(20-24-10-6-3-7-11-24)30(36)31-25(21-34)19-23-8-4-2-5-9-23/h2-13,18,25,28,34H,14-17,19-21H2,1H3,(H,31,36)(H,32,35)/t25-,28-/m0/s1. The monoisotopic (exact) mass is 501 g/mol. The maximum atomic E-state index is 13.4. The fourth-order valence-electron chi connectivity index (χ4n) is 4.58. The van der Waals surface area contributed by atoms with E-state index in [0.29, 0.717) is 31.6 Å². The van der Waals surface area contributed by atoms with Crippen molar-refractivity contribution >= 4 is 17.5 Å². The number of aliphatic hydroxyl groups excluding tert-OH is 1. The molecule has 3 aromatic carbocycles. The number of amides is 2. The highest BCUT2D eigenvalue weighted by molar-refractivity contribution is 5.99. The highest BCUT2D eigenvalue weighted by Crippen LogP contribution is 2.21. The molecule has 3 aromatic rings. The number of aliphatic hydroxyl groups is 1. The molecule has 1 saturated heterocycles. The fourth-order valence-corrected chi connectivity index (χ4v) is 4.58. The Bertz CT molecular complexity index is 1160. The molecule has 1 fully saturated rings. The van der Waals surface area contributed by atoms with Crippen LogP contribution in [-0.2, 0) is 22.4 Å². The molecular formula is C30H35N3O4. The second-order valence-electron chi connectivity index (χ2n) is 9.39. The lowest BCUT2D eigenvalue weighted by atomic mass is 10.0. The van der Waals surface area contributed by atoms with E-state index in [0.717, 1.165) is 35.5 Å². The highest BCUT2D eigenvalue weighted by Gasteiger charge is 2.25. The number of ether oxygens (including phenoxy) is 1. The summed E-state index contributed by atoms with van der Waals surface area (Å²) in [6.07, 6.45) is 0.837. The van der Waals surface area contributed by atoms with Gasteiger partial charge in [-0.25, -0.2) is 0 Å². The number of nitrogens with one attached hydrogen (secondary N) is 2. The molecule has 2 atom stereocenters. The van der Waals surface area contributed by atoms with Crippen LogP contribution in [0.15, 0.2) is 78.9 Å². The number of aryl methyl sites for hydroxylation is 1. The van der Waals surface area contributed by atoms with Gasteiger partial charge >= 0.3 is 0 Å². The molecule has 0 bridgehead atoms. The van der Waals surface area contributed by atoms with Crippen molar-refractivity contribution in [2.24, 2.45) is 0 Å². The number of carbonyl (C=O) groups excluding carboxylic acids is 2.